The van der Waals surface area contributed by atoms with Crippen molar-refractivity contribution < 1.29 is 0 Å². The Morgan fingerprint density at radius 3 is 2.81 bits per heavy atom. The van der Waals surface area contributed by atoms with Gasteiger partial charge in [0.15, 0.2) is 0 Å². The van der Waals surface area contributed by atoms with Crippen LogP contribution in [0.5, 0.6) is 0 Å². The second-order valence-electron chi connectivity index (χ2n) is 6.33. The van der Waals surface area contributed by atoms with Gasteiger partial charge >= 0.3 is 0 Å². The molecule has 0 amide bonds. The number of hydrogen-bond donors (Lipinski definition) is 1. The first-order chi connectivity index (χ1) is 7.46. The molecule has 3 saturated carbocycles. The zero-order chi connectivity index (χ0) is 11.7. The summed E-state index contributed by atoms with van der Waals surface area (Å²) in [5.41, 5.74) is 8.87. The van der Waals surface area contributed by atoms with E-state index in [4.69, 9.17) is 5.73 Å². The summed E-state index contributed by atoms with van der Waals surface area (Å²) in [5, 5.41) is 0. The third kappa shape index (κ3) is 1.02. The molecular weight excluding hydrogens is 309 g/mol. The first-order valence-electron chi connectivity index (χ1n) is 6.57. The van der Waals surface area contributed by atoms with Gasteiger partial charge in [-0.3, -0.25) is 0 Å². The van der Waals surface area contributed by atoms with Crippen LogP contribution < -0.4 is 5.73 Å². The van der Waals surface area contributed by atoms with Gasteiger partial charge in [0.05, 0.1) is 0 Å². The lowest BCUT2D eigenvalue weighted by molar-refractivity contribution is 0.150. The highest BCUT2D eigenvalue weighted by Gasteiger charge is 2.82. The fourth-order valence-electron chi connectivity index (χ4n) is 5.23. The van der Waals surface area contributed by atoms with Gasteiger partial charge in [-0.05, 0) is 37.5 Å². The summed E-state index contributed by atoms with van der Waals surface area (Å²) in [7, 11) is 0. The molecule has 1 spiro atoms. The van der Waals surface area contributed by atoms with Crippen molar-refractivity contribution >= 4 is 22.6 Å². The third-order valence-corrected chi connectivity index (χ3v) is 6.81. The zero-order valence-corrected chi connectivity index (χ0v) is 12.5. The van der Waals surface area contributed by atoms with Crippen molar-refractivity contribution in [3.05, 3.63) is 12.2 Å². The Labute approximate surface area is 112 Å². The van der Waals surface area contributed by atoms with Gasteiger partial charge in [0.2, 0.25) is 0 Å². The maximum atomic E-state index is 6.85. The summed E-state index contributed by atoms with van der Waals surface area (Å²) in [6.07, 6.45) is 5.25. The second kappa shape index (κ2) is 3.25. The van der Waals surface area contributed by atoms with Crippen LogP contribution >= 0.6 is 22.6 Å². The Kier molecular flexibility index (Phi) is 2.34. The number of fused-ring (bicyclic) bond motifs is 1. The molecule has 0 saturated heterocycles. The summed E-state index contributed by atoms with van der Waals surface area (Å²) >= 11 is 2.58. The minimum absolute atomic E-state index is 0.112. The van der Waals surface area contributed by atoms with Gasteiger partial charge in [0.25, 0.3) is 0 Å². The van der Waals surface area contributed by atoms with E-state index >= 15 is 0 Å². The van der Waals surface area contributed by atoms with Gasteiger partial charge in [0, 0.05) is 20.8 Å². The Hall–Kier alpha value is 0.430. The lowest BCUT2D eigenvalue weighted by atomic mass is 9.69. The molecule has 2 heteroatoms. The van der Waals surface area contributed by atoms with Gasteiger partial charge in [0.1, 0.15) is 0 Å². The number of nitrogens with two attached hydrogens (primary N) is 1. The van der Waals surface area contributed by atoms with E-state index in [0.29, 0.717) is 21.2 Å². The van der Waals surface area contributed by atoms with Gasteiger partial charge in [-0.1, -0.05) is 48.6 Å². The topological polar surface area (TPSA) is 26.0 Å². The molecular formula is C14H22IN. The minimum Gasteiger partial charge on any atom is -0.324 e. The Balaban J connectivity index is 2.02. The fraction of sp³-hybridized carbons (Fsp3) is 0.857. The van der Waals surface area contributed by atoms with Gasteiger partial charge in [-0.15, -0.1) is 0 Å². The van der Waals surface area contributed by atoms with Crippen molar-refractivity contribution in [2.45, 2.75) is 49.0 Å². The highest BCUT2D eigenvalue weighted by molar-refractivity contribution is 14.1. The molecule has 3 aliphatic carbocycles. The SMILES string of the molecule is C=C1CCC23C1[C@]2(N)[C@@H](C(C)I)CC[C@@H]3C. The Morgan fingerprint density at radius 1 is 1.50 bits per heavy atom. The summed E-state index contributed by atoms with van der Waals surface area (Å²) in [6.45, 7) is 9.05. The molecule has 3 rings (SSSR count). The molecule has 0 aliphatic heterocycles. The quantitative estimate of drug-likeness (QED) is 0.444. The average Bonchev–Trinajstić information content (AvgIpc) is 2.57. The smallest absolute Gasteiger partial charge is 0.0331 e. The van der Waals surface area contributed by atoms with Gasteiger partial charge < -0.3 is 5.73 Å². The molecule has 0 aromatic heterocycles. The monoisotopic (exact) mass is 331 g/mol. The molecule has 0 aromatic carbocycles. The van der Waals surface area contributed by atoms with Crippen molar-refractivity contribution in [1.82, 2.24) is 0 Å². The maximum absolute atomic E-state index is 6.85. The predicted octanol–water partition coefficient (Wildman–Crippen LogP) is 3.52. The summed E-state index contributed by atoms with van der Waals surface area (Å²) < 4.78 is 0.699. The van der Waals surface area contributed by atoms with E-state index in [0.717, 1.165) is 5.92 Å². The van der Waals surface area contributed by atoms with E-state index in [-0.39, 0.29) is 5.54 Å². The third-order valence-electron chi connectivity index (χ3n) is 5.94. The fourth-order valence-corrected chi connectivity index (χ4v) is 6.19. The van der Waals surface area contributed by atoms with E-state index in [1.54, 1.807) is 0 Å². The molecule has 2 N–H and O–H groups in total. The van der Waals surface area contributed by atoms with Crippen molar-refractivity contribution in [3.8, 4) is 0 Å². The first kappa shape index (κ1) is 11.5. The summed E-state index contributed by atoms with van der Waals surface area (Å²) in [5.74, 6) is 2.18. The van der Waals surface area contributed by atoms with Crippen LogP contribution in [0.2, 0.25) is 0 Å². The maximum Gasteiger partial charge on any atom is 0.0331 e. The van der Waals surface area contributed by atoms with E-state index < -0.39 is 0 Å². The largest absolute Gasteiger partial charge is 0.324 e. The summed E-state index contributed by atoms with van der Waals surface area (Å²) in [4.78, 5) is 0. The molecule has 0 bridgehead atoms. The number of alkyl halides is 1. The van der Waals surface area contributed by atoms with Crippen LogP contribution in [0.1, 0.15) is 39.5 Å². The summed E-state index contributed by atoms with van der Waals surface area (Å²) in [6, 6.07) is 0. The van der Waals surface area contributed by atoms with Gasteiger partial charge in [-0.2, -0.15) is 0 Å². The molecule has 90 valence electrons. The first-order valence-corrected chi connectivity index (χ1v) is 7.81. The molecule has 16 heavy (non-hydrogen) atoms. The lowest BCUT2D eigenvalue weighted by Crippen LogP contribution is -2.48. The van der Waals surface area contributed by atoms with Crippen LogP contribution in [-0.4, -0.2) is 9.46 Å². The van der Waals surface area contributed by atoms with Crippen LogP contribution in [0.4, 0.5) is 0 Å². The molecule has 0 aromatic rings. The molecule has 0 heterocycles. The van der Waals surface area contributed by atoms with Crippen LogP contribution in [0, 0.1) is 23.2 Å². The normalized spacial score (nSPS) is 56.8. The second-order valence-corrected chi connectivity index (χ2v) is 8.29. The average molecular weight is 331 g/mol. The predicted molar refractivity (Wildman–Crippen MR) is 76.6 cm³/mol. The van der Waals surface area contributed by atoms with E-state index in [9.17, 15) is 0 Å². The Morgan fingerprint density at radius 2 is 2.19 bits per heavy atom. The molecule has 6 atom stereocenters. The number of hydrogen-bond acceptors (Lipinski definition) is 1. The zero-order valence-electron chi connectivity index (χ0n) is 10.3. The Bertz CT molecular complexity index is 351. The van der Waals surface area contributed by atoms with Crippen molar-refractivity contribution in [3.63, 3.8) is 0 Å². The molecule has 1 nitrogen and oxygen atoms in total. The molecule has 3 unspecified atom stereocenters. The van der Waals surface area contributed by atoms with Crippen LogP contribution in [0.15, 0.2) is 12.2 Å². The lowest BCUT2D eigenvalue weighted by Gasteiger charge is -2.41. The van der Waals surface area contributed by atoms with Crippen molar-refractivity contribution in [2.24, 2.45) is 28.9 Å². The molecule has 3 aliphatic rings. The van der Waals surface area contributed by atoms with E-state index in [1.807, 2.05) is 0 Å². The van der Waals surface area contributed by atoms with E-state index in [1.165, 1.54) is 31.3 Å². The van der Waals surface area contributed by atoms with Crippen LogP contribution in [0.25, 0.3) is 0 Å². The number of rotatable bonds is 1. The standard InChI is InChI=1S/C14H22IN/c1-8-6-7-13-9(2)4-5-11(10(3)15)14(13,16)12(8)13/h9-12H,1,4-7,16H2,2-3H3/t9-,10?,11+,12?,13?,14+/m0/s1. The molecule has 3 fully saturated rings. The van der Waals surface area contributed by atoms with E-state index in [2.05, 4.69) is 43.0 Å². The van der Waals surface area contributed by atoms with Gasteiger partial charge in [-0.25, -0.2) is 0 Å². The van der Waals surface area contributed by atoms with Crippen LogP contribution in [0.3, 0.4) is 0 Å². The highest BCUT2D eigenvalue weighted by Crippen LogP contribution is 2.80. The molecule has 0 radical (unpaired) electrons. The van der Waals surface area contributed by atoms with Crippen LogP contribution in [-0.2, 0) is 0 Å². The number of halogens is 1. The van der Waals surface area contributed by atoms with Crippen molar-refractivity contribution in [2.75, 3.05) is 0 Å². The minimum atomic E-state index is 0.112. The van der Waals surface area contributed by atoms with Crippen molar-refractivity contribution in [1.29, 1.82) is 0 Å². The highest BCUT2D eigenvalue weighted by atomic mass is 127.